The topological polar surface area (TPSA) is 237 Å². The zero-order valence-corrected chi connectivity index (χ0v) is 65.5. The number of phosphoric ester groups is 2. The molecule has 0 saturated heterocycles. The molecule has 5 unspecified atom stereocenters. The number of carbonyl (C=O) groups is 4. The second-order valence-electron chi connectivity index (χ2n) is 29.3. The van der Waals surface area contributed by atoms with Crippen LogP contribution in [0.1, 0.15) is 396 Å². The average molecular weight is 1420 g/mol. The second-order valence-corrected chi connectivity index (χ2v) is 32.2. The van der Waals surface area contributed by atoms with E-state index < -0.39 is 97.5 Å². The second kappa shape index (κ2) is 67.2. The van der Waals surface area contributed by atoms with Gasteiger partial charge in [0.1, 0.15) is 19.3 Å². The van der Waals surface area contributed by atoms with Gasteiger partial charge in [-0.1, -0.05) is 344 Å². The van der Waals surface area contributed by atoms with Crippen LogP contribution in [0.2, 0.25) is 0 Å². The average Bonchev–Trinajstić information content (AvgIpc) is 1.05. The minimum absolute atomic E-state index is 0.105. The number of phosphoric acid groups is 2. The maximum Gasteiger partial charge on any atom is 0.472 e. The Hall–Kier alpha value is -1.94. The maximum atomic E-state index is 13.1. The van der Waals surface area contributed by atoms with Gasteiger partial charge in [0.2, 0.25) is 0 Å². The van der Waals surface area contributed by atoms with Gasteiger partial charge in [0, 0.05) is 25.7 Å². The van der Waals surface area contributed by atoms with Crippen LogP contribution in [-0.4, -0.2) is 96.7 Å². The van der Waals surface area contributed by atoms with Gasteiger partial charge in [0.05, 0.1) is 26.4 Å². The first-order valence-corrected chi connectivity index (χ1v) is 43.3. The standard InChI is InChI=1S/C78H152O17P2/c1-9-69(6)55-47-39-31-24-20-18-16-14-12-13-15-17-19-21-26-34-44-52-60-77(82)95-74(65-89-76(81)59-51-43-37-36-41-49-57-71(8)11-3)67-93-97(86,87)91-63-72(79)62-90-96(84,85)92-66-73(64-88-75(80)58-50-42-33-29-28-30-38-46-54-68(4)5)94-78(83)61-53-45-35-27-23-22-25-32-40-48-56-70(7)10-2/h68-74,79H,9-67H2,1-8H3,(H,84,85)(H,86,87)/t69?,70?,71?,72-,73-,74-/m1/s1. The zero-order chi connectivity index (χ0) is 71.7. The summed E-state index contributed by atoms with van der Waals surface area (Å²) in [6.45, 7) is 14.2. The highest BCUT2D eigenvalue weighted by atomic mass is 31.2. The first kappa shape index (κ1) is 95.1. The number of hydrogen-bond acceptors (Lipinski definition) is 15. The van der Waals surface area contributed by atoms with Gasteiger partial charge < -0.3 is 33.8 Å². The Morgan fingerprint density at radius 3 is 0.732 bits per heavy atom. The molecule has 0 rings (SSSR count). The Labute approximate surface area is 594 Å². The summed E-state index contributed by atoms with van der Waals surface area (Å²) < 4.78 is 68.5. The molecule has 0 aliphatic rings. The fourth-order valence-electron chi connectivity index (χ4n) is 11.8. The van der Waals surface area contributed by atoms with E-state index in [4.69, 9.17) is 37.0 Å². The third-order valence-electron chi connectivity index (χ3n) is 19.2. The molecule has 0 aliphatic carbocycles. The molecule has 97 heavy (non-hydrogen) atoms. The zero-order valence-electron chi connectivity index (χ0n) is 63.7. The number of esters is 4. The quantitative estimate of drug-likeness (QED) is 0.0222. The summed E-state index contributed by atoms with van der Waals surface area (Å²) in [6, 6.07) is 0. The number of carbonyl (C=O) groups excluding carboxylic acids is 4. The summed E-state index contributed by atoms with van der Waals surface area (Å²) in [4.78, 5) is 72.8. The number of unbranched alkanes of at least 4 members (excludes halogenated alkanes) is 38. The van der Waals surface area contributed by atoms with E-state index in [9.17, 15) is 43.2 Å². The Morgan fingerprint density at radius 1 is 0.289 bits per heavy atom. The molecule has 0 amide bonds. The van der Waals surface area contributed by atoms with E-state index in [1.807, 2.05) is 0 Å². The third kappa shape index (κ3) is 68.3. The SMILES string of the molecule is CCC(C)CCCCCCCCCCCCCCCCCCCCC(=O)O[C@H](COC(=O)CCCCCCCCC(C)CC)COP(=O)(O)OC[C@H](O)COP(=O)(O)OC[C@@H](COC(=O)CCCCCCCCCCC(C)C)OC(=O)CCCCCCCCCCCCC(C)CC. The van der Waals surface area contributed by atoms with Crippen LogP contribution in [0.15, 0.2) is 0 Å². The third-order valence-corrected chi connectivity index (χ3v) is 21.1. The Balaban J connectivity index is 5.19. The highest BCUT2D eigenvalue weighted by Gasteiger charge is 2.30. The van der Waals surface area contributed by atoms with Crippen LogP contribution in [0, 0.1) is 23.7 Å². The smallest absolute Gasteiger partial charge is 0.462 e. The Bertz CT molecular complexity index is 1910. The molecule has 0 aromatic carbocycles. The van der Waals surface area contributed by atoms with Crippen molar-refractivity contribution in [2.75, 3.05) is 39.6 Å². The van der Waals surface area contributed by atoms with Gasteiger partial charge in [-0.25, -0.2) is 9.13 Å². The monoisotopic (exact) mass is 1420 g/mol. The minimum atomic E-state index is -4.96. The van der Waals surface area contributed by atoms with Crippen molar-refractivity contribution in [2.24, 2.45) is 23.7 Å². The molecule has 0 heterocycles. The summed E-state index contributed by atoms with van der Waals surface area (Å²) in [5.41, 5.74) is 0. The molecule has 0 radical (unpaired) electrons. The molecule has 0 saturated carbocycles. The summed E-state index contributed by atoms with van der Waals surface area (Å²) in [7, 11) is -9.92. The number of hydrogen-bond donors (Lipinski definition) is 3. The van der Waals surface area contributed by atoms with E-state index in [0.717, 1.165) is 120 Å². The molecule has 0 aromatic heterocycles. The lowest BCUT2D eigenvalue weighted by Gasteiger charge is -2.21. The molecular weight excluding hydrogens is 1270 g/mol. The molecular formula is C78H152O17P2. The fraction of sp³-hybridized carbons (Fsp3) is 0.949. The summed E-state index contributed by atoms with van der Waals surface area (Å²) >= 11 is 0. The van der Waals surface area contributed by atoms with E-state index in [1.165, 1.54) is 193 Å². The number of ether oxygens (including phenoxy) is 4. The van der Waals surface area contributed by atoms with Crippen molar-refractivity contribution in [3.8, 4) is 0 Å². The van der Waals surface area contributed by atoms with Gasteiger partial charge in [-0.3, -0.25) is 37.3 Å². The molecule has 0 fully saturated rings. The minimum Gasteiger partial charge on any atom is -0.462 e. The predicted octanol–water partition coefficient (Wildman–Crippen LogP) is 22.8. The molecule has 0 aromatic rings. The van der Waals surface area contributed by atoms with Crippen LogP contribution in [0.4, 0.5) is 0 Å². The first-order chi connectivity index (χ1) is 46.7. The van der Waals surface area contributed by atoms with Crippen molar-refractivity contribution in [3.05, 3.63) is 0 Å². The molecule has 576 valence electrons. The van der Waals surface area contributed by atoms with Crippen LogP contribution in [0.25, 0.3) is 0 Å². The van der Waals surface area contributed by atoms with E-state index >= 15 is 0 Å². The van der Waals surface area contributed by atoms with Crippen molar-refractivity contribution in [1.29, 1.82) is 0 Å². The van der Waals surface area contributed by atoms with Crippen molar-refractivity contribution in [2.45, 2.75) is 414 Å². The highest BCUT2D eigenvalue weighted by molar-refractivity contribution is 7.47. The van der Waals surface area contributed by atoms with Crippen molar-refractivity contribution >= 4 is 39.5 Å². The van der Waals surface area contributed by atoms with Crippen LogP contribution in [0.5, 0.6) is 0 Å². The van der Waals surface area contributed by atoms with E-state index in [1.54, 1.807) is 0 Å². The molecule has 8 atom stereocenters. The largest absolute Gasteiger partial charge is 0.472 e. The lowest BCUT2D eigenvalue weighted by Crippen LogP contribution is -2.30. The maximum absolute atomic E-state index is 13.1. The number of rotatable bonds is 75. The van der Waals surface area contributed by atoms with E-state index in [2.05, 4.69) is 55.4 Å². The van der Waals surface area contributed by atoms with Gasteiger partial charge in [-0.15, -0.1) is 0 Å². The molecule has 0 aliphatic heterocycles. The van der Waals surface area contributed by atoms with Crippen molar-refractivity contribution in [3.63, 3.8) is 0 Å². The van der Waals surface area contributed by atoms with Crippen LogP contribution < -0.4 is 0 Å². The summed E-state index contributed by atoms with van der Waals surface area (Å²) in [5.74, 6) is 1.01. The molecule has 17 nitrogen and oxygen atoms in total. The summed E-state index contributed by atoms with van der Waals surface area (Å²) in [5, 5.41) is 10.6. The fourth-order valence-corrected chi connectivity index (χ4v) is 13.4. The van der Waals surface area contributed by atoms with Crippen LogP contribution in [-0.2, 0) is 65.4 Å². The molecule has 3 N–H and O–H groups in total. The Morgan fingerprint density at radius 2 is 0.495 bits per heavy atom. The lowest BCUT2D eigenvalue weighted by atomic mass is 9.99. The molecule has 0 bridgehead atoms. The first-order valence-electron chi connectivity index (χ1n) is 40.3. The van der Waals surface area contributed by atoms with E-state index in [0.29, 0.717) is 25.7 Å². The number of aliphatic hydroxyl groups is 1. The van der Waals surface area contributed by atoms with Gasteiger partial charge in [0.25, 0.3) is 0 Å². The summed E-state index contributed by atoms with van der Waals surface area (Å²) in [6.07, 6.45) is 52.8. The van der Waals surface area contributed by atoms with Crippen molar-refractivity contribution < 1.29 is 80.2 Å². The number of aliphatic hydroxyl groups excluding tert-OH is 1. The van der Waals surface area contributed by atoms with Gasteiger partial charge >= 0.3 is 39.5 Å². The lowest BCUT2D eigenvalue weighted by molar-refractivity contribution is -0.161. The van der Waals surface area contributed by atoms with Crippen LogP contribution >= 0.6 is 15.6 Å². The molecule has 0 spiro atoms. The van der Waals surface area contributed by atoms with Crippen LogP contribution in [0.3, 0.4) is 0 Å². The molecule has 19 heteroatoms. The van der Waals surface area contributed by atoms with Crippen molar-refractivity contribution in [1.82, 2.24) is 0 Å². The Kier molecular flexibility index (Phi) is 65.9. The highest BCUT2D eigenvalue weighted by Crippen LogP contribution is 2.45. The van der Waals surface area contributed by atoms with Gasteiger partial charge in [-0.05, 0) is 49.4 Å². The predicted molar refractivity (Wildman–Crippen MR) is 395 cm³/mol. The van der Waals surface area contributed by atoms with Gasteiger partial charge in [0.15, 0.2) is 12.2 Å². The normalized spacial score (nSPS) is 14.9. The van der Waals surface area contributed by atoms with Gasteiger partial charge in [-0.2, -0.15) is 0 Å². The van der Waals surface area contributed by atoms with E-state index in [-0.39, 0.29) is 25.7 Å².